The van der Waals surface area contributed by atoms with Crippen LogP contribution in [0.2, 0.25) is 0 Å². The van der Waals surface area contributed by atoms with E-state index in [1.165, 1.54) is 24.4 Å². The molecule has 444 valence electrons. The molecule has 0 aliphatic carbocycles. The Morgan fingerprint density at radius 3 is 1.70 bits per heavy atom. The fraction of sp³-hybridized carbons (Fsp3) is 0.484. The van der Waals surface area contributed by atoms with Gasteiger partial charge in [-0.25, -0.2) is 14.4 Å². The van der Waals surface area contributed by atoms with Crippen LogP contribution in [0.25, 0.3) is 22.3 Å². The van der Waals surface area contributed by atoms with Crippen molar-refractivity contribution in [2.75, 3.05) is 39.9 Å². The third-order valence-corrected chi connectivity index (χ3v) is 12.6. The summed E-state index contributed by atoms with van der Waals surface area (Å²) in [6.45, 7) is 19.3. The Morgan fingerprint density at radius 2 is 1.17 bits per heavy atom. The topological polar surface area (TPSA) is 258 Å². The first-order valence-electron chi connectivity index (χ1n) is 27.9. The van der Waals surface area contributed by atoms with Gasteiger partial charge in [-0.3, -0.25) is 19.2 Å². The molecule has 0 radical (unpaired) electrons. The van der Waals surface area contributed by atoms with Crippen LogP contribution in [0.4, 0.5) is 14.4 Å². The second-order valence-corrected chi connectivity index (χ2v) is 23.2. The lowest BCUT2D eigenvalue weighted by molar-refractivity contribution is -0.141. The minimum Gasteiger partial charge on any atom is -0.491 e. The Morgan fingerprint density at radius 1 is 0.659 bits per heavy atom. The van der Waals surface area contributed by atoms with E-state index in [1.807, 2.05) is 24.3 Å². The molecular formula is C62H83N7O13. The highest BCUT2D eigenvalue weighted by atomic mass is 16.6. The summed E-state index contributed by atoms with van der Waals surface area (Å²) < 4.78 is 28.9. The van der Waals surface area contributed by atoms with Gasteiger partial charge in [-0.05, 0) is 166 Å². The fourth-order valence-corrected chi connectivity index (χ4v) is 8.70. The number of alkyl carbamates (subject to hydrolysis) is 3. The number of aldehydes is 1. The molecule has 0 spiro atoms. The molecule has 20 heteroatoms. The second-order valence-electron chi connectivity index (χ2n) is 23.2. The predicted molar refractivity (Wildman–Crippen MR) is 311 cm³/mol. The van der Waals surface area contributed by atoms with E-state index in [0.717, 1.165) is 30.4 Å². The average molecular weight is 1130 g/mol. The normalized spacial score (nSPS) is 15.9. The lowest BCUT2D eigenvalue weighted by Gasteiger charge is -2.32. The Labute approximate surface area is 481 Å². The summed E-state index contributed by atoms with van der Waals surface area (Å²) >= 11 is 0. The van der Waals surface area contributed by atoms with E-state index in [4.69, 9.17) is 23.7 Å². The molecule has 4 atom stereocenters. The summed E-state index contributed by atoms with van der Waals surface area (Å²) in [6, 6.07) is 20.2. The Balaban J connectivity index is 1.58. The van der Waals surface area contributed by atoms with Crippen molar-refractivity contribution in [3.63, 3.8) is 0 Å². The highest BCUT2D eigenvalue weighted by Gasteiger charge is 2.36. The van der Waals surface area contributed by atoms with Crippen molar-refractivity contribution in [1.29, 1.82) is 0 Å². The number of carbonyl (C=O) groups is 8. The summed E-state index contributed by atoms with van der Waals surface area (Å²) in [5.74, 6) is -2.17. The molecule has 0 unspecified atom stereocenters. The SMILES string of the molecule is CCCCc1ccc(-c2ccc(C(=O)N[C@@H](CCCNC(=O)OC(C)(C)C)C(=O)N(C)[C@@H]3C(=O)N[C@@H](C)C(=O)N[C@H](C=O)Cc4ccc(OCCNC(=O)OC(C)(C)C)c(c4)-c4cc3ccc4OCCNC(=O)OC(C)(C)C)cc2)cc1. The zero-order chi connectivity index (χ0) is 60.4. The van der Waals surface area contributed by atoms with Gasteiger partial charge in [0.15, 0.2) is 0 Å². The van der Waals surface area contributed by atoms with Crippen LogP contribution < -0.4 is 41.4 Å². The standard InChI is InChI=1S/C62H83N7O13/c1-13-14-16-40-18-21-42(22-19-40)43-23-25-44(26-24-43)54(72)68-49(17-15-30-63-57(75)80-60(3,4)5)56(74)69(12)52-45-27-29-51(79-34-32-65-59(77)82-62(9,10)11)48(37-45)47-36-41(35-46(38-70)67-53(71)39(2)66-55(52)73)20-28-50(47)78-33-31-64-58(76)81-61(6,7)8/h18-29,36-39,46,49,52H,13-17,30-35H2,1-12H3,(H,63,75)(H,64,76)(H,65,77)(H,66,73)(H,67,71)(H,68,72)/t39-,46-,49-,52-/m0/s1. The Bertz CT molecular complexity index is 2850. The summed E-state index contributed by atoms with van der Waals surface area (Å²) in [4.78, 5) is 110. The highest BCUT2D eigenvalue weighted by Crippen LogP contribution is 2.40. The van der Waals surface area contributed by atoms with Crippen LogP contribution in [0.15, 0.2) is 84.9 Å². The number of aryl methyl sites for hydroxylation is 1. The largest absolute Gasteiger partial charge is 0.491 e. The van der Waals surface area contributed by atoms with Crippen LogP contribution in [0.3, 0.4) is 0 Å². The molecule has 0 saturated heterocycles. The first-order valence-corrected chi connectivity index (χ1v) is 27.9. The van der Waals surface area contributed by atoms with Gasteiger partial charge in [-0.2, -0.15) is 0 Å². The van der Waals surface area contributed by atoms with Crippen molar-refractivity contribution in [3.05, 3.63) is 107 Å². The van der Waals surface area contributed by atoms with E-state index in [0.29, 0.717) is 23.0 Å². The minimum atomic E-state index is -1.49. The third-order valence-electron chi connectivity index (χ3n) is 12.6. The molecule has 1 aliphatic rings. The highest BCUT2D eigenvalue weighted by molar-refractivity contribution is 5.99. The maximum Gasteiger partial charge on any atom is 0.407 e. The zero-order valence-corrected chi connectivity index (χ0v) is 49.5. The molecule has 0 aromatic heterocycles. The summed E-state index contributed by atoms with van der Waals surface area (Å²) in [7, 11) is 1.41. The Kier molecular flexibility index (Phi) is 23.3. The van der Waals surface area contributed by atoms with Gasteiger partial charge in [0, 0.05) is 30.3 Å². The van der Waals surface area contributed by atoms with Crippen molar-refractivity contribution in [2.24, 2.45) is 0 Å². The number of fused-ring (bicyclic) bond motifs is 5. The van der Waals surface area contributed by atoms with E-state index >= 15 is 4.79 Å². The quantitative estimate of drug-likeness (QED) is 0.0260. The van der Waals surface area contributed by atoms with Gasteiger partial charge in [0.05, 0.1) is 19.1 Å². The van der Waals surface area contributed by atoms with Crippen molar-refractivity contribution >= 4 is 48.2 Å². The maximum absolute atomic E-state index is 15.2. The van der Waals surface area contributed by atoms with E-state index in [-0.39, 0.29) is 74.7 Å². The summed E-state index contributed by atoms with van der Waals surface area (Å²) in [6.07, 6.45) is 2.01. The maximum atomic E-state index is 15.2. The predicted octanol–water partition coefficient (Wildman–Crippen LogP) is 8.52. The van der Waals surface area contributed by atoms with Gasteiger partial charge in [-0.15, -0.1) is 0 Å². The van der Waals surface area contributed by atoms with Gasteiger partial charge in [0.2, 0.25) is 17.7 Å². The lowest BCUT2D eigenvalue weighted by atomic mass is 9.93. The first-order chi connectivity index (χ1) is 38.6. The number of carbonyl (C=O) groups excluding carboxylic acids is 8. The summed E-state index contributed by atoms with van der Waals surface area (Å²) in [5.41, 5.74) is 2.69. The molecule has 20 nitrogen and oxygen atoms in total. The van der Waals surface area contributed by atoms with Crippen LogP contribution in [-0.4, -0.2) is 128 Å². The number of nitrogens with zero attached hydrogens (tertiary/aromatic N) is 1. The van der Waals surface area contributed by atoms with E-state index < -0.39 is 82.9 Å². The van der Waals surface area contributed by atoms with Crippen LogP contribution >= 0.6 is 0 Å². The minimum absolute atomic E-state index is 0.000952. The van der Waals surface area contributed by atoms with Crippen LogP contribution in [0.1, 0.15) is 135 Å². The van der Waals surface area contributed by atoms with E-state index in [1.54, 1.807) is 111 Å². The van der Waals surface area contributed by atoms with Crippen molar-refractivity contribution < 1.29 is 62.0 Å². The number of nitrogens with one attached hydrogen (secondary N) is 6. The van der Waals surface area contributed by atoms with Crippen molar-refractivity contribution in [1.82, 2.24) is 36.8 Å². The average Bonchev–Trinajstić information content (AvgIpc) is 2.85. The molecule has 82 heavy (non-hydrogen) atoms. The van der Waals surface area contributed by atoms with Gasteiger partial charge in [0.1, 0.15) is 65.9 Å². The van der Waals surface area contributed by atoms with Crippen molar-refractivity contribution in [2.45, 2.75) is 156 Å². The molecule has 4 aromatic carbocycles. The number of rotatable bonds is 21. The molecule has 1 heterocycles. The first kappa shape index (κ1) is 64.7. The Hall–Kier alpha value is -8.16. The number of amides is 7. The third kappa shape index (κ3) is 20.7. The molecule has 4 bridgehead atoms. The monoisotopic (exact) mass is 1130 g/mol. The van der Waals surface area contributed by atoms with E-state index in [2.05, 4.69) is 51.0 Å². The van der Waals surface area contributed by atoms with Crippen LogP contribution in [-0.2, 0) is 46.2 Å². The number of benzene rings is 4. The fourth-order valence-electron chi connectivity index (χ4n) is 8.70. The van der Waals surface area contributed by atoms with Crippen molar-refractivity contribution in [3.8, 4) is 33.8 Å². The molecule has 5 rings (SSSR count). The molecule has 0 fully saturated rings. The molecule has 4 aromatic rings. The van der Waals surface area contributed by atoms with Gasteiger partial charge >= 0.3 is 18.3 Å². The number of hydrogen-bond acceptors (Lipinski definition) is 13. The van der Waals surface area contributed by atoms with Gasteiger partial charge in [-0.1, -0.05) is 61.9 Å². The molecule has 6 N–H and O–H groups in total. The van der Waals surface area contributed by atoms with Gasteiger partial charge in [0.25, 0.3) is 5.91 Å². The molecule has 1 aliphatic heterocycles. The zero-order valence-electron chi connectivity index (χ0n) is 49.5. The smallest absolute Gasteiger partial charge is 0.407 e. The van der Waals surface area contributed by atoms with Crippen LogP contribution in [0, 0.1) is 0 Å². The van der Waals surface area contributed by atoms with E-state index in [9.17, 15) is 33.6 Å². The number of likely N-dealkylation sites (N-methyl/N-ethyl adjacent to an activating group) is 1. The van der Waals surface area contributed by atoms with Crippen LogP contribution in [0.5, 0.6) is 11.5 Å². The number of ether oxygens (including phenoxy) is 5. The summed E-state index contributed by atoms with van der Waals surface area (Å²) in [5, 5.41) is 16.4. The van der Waals surface area contributed by atoms with Gasteiger partial charge < -0.3 is 65.3 Å². The molecule has 0 saturated carbocycles. The number of unbranched alkanes of at least 4 members (excludes halogenated alkanes) is 1. The molecular weight excluding hydrogens is 1050 g/mol. The second kappa shape index (κ2) is 29.5. The lowest BCUT2D eigenvalue weighted by Crippen LogP contribution is -2.54. The number of hydrogen-bond donors (Lipinski definition) is 6. The molecule has 7 amide bonds.